The van der Waals surface area contributed by atoms with Crippen molar-refractivity contribution < 1.29 is 19.1 Å². The number of hydrogen-bond donors (Lipinski definition) is 2. The van der Waals surface area contributed by atoms with Gasteiger partial charge in [-0.3, -0.25) is 4.79 Å². The maximum Gasteiger partial charge on any atom is 0.287 e. The van der Waals surface area contributed by atoms with Crippen LogP contribution in [0.1, 0.15) is 55.6 Å². The van der Waals surface area contributed by atoms with E-state index in [-0.39, 0.29) is 18.1 Å². The van der Waals surface area contributed by atoms with E-state index in [2.05, 4.69) is 5.32 Å². The molecule has 0 aliphatic heterocycles. The van der Waals surface area contributed by atoms with Gasteiger partial charge in [0.05, 0.1) is 18.8 Å². The number of carbonyl (C=O) groups is 1. The van der Waals surface area contributed by atoms with Crippen LogP contribution in [0.5, 0.6) is 0 Å². The zero-order valence-corrected chi connectivity index (χ0v) is 15.0. The minimum atomic E-state index is -0.239. The van der Waals surface area contributed by atoms with Crippen LogP contribution in [0.3, 0.4) is 0 Å². The van der Waals surface area contributed by atoms with Crippen molar-refractivity contribution in [3.63, 3.8) is 0 Å². The fraction of sp³-hybridized carbons (Fsp3) is 0.550. The molecule has 0 saturated heterocycles. The molecule has 1 aliphatic carbocycles. The summed E-state index contributed by atoms with van der Waals surface area (Å²) in [6.45, 7) is 4.85. The number of furan rings is 1. The number of carbonyl (C=O) groups excluding carboxylic acids is 1. The first-order chi connectivity index (χ1) is 12.0. The molecule has 1 aromatic heterocycles. The van der Waals surface area contributed by atoms with Crippen LogP contribution in [0.2, 0.25) is 0 Å². The Hall–Kier alpha value is -1.85. The molecule has 0 bridgehead atoms. The van der Waals surface area contributed by atoms with E-state index >= 15 is 0 Å². The van der Waals surface area contributed by atoms with Gasteiger partial charge in [0.1, 0.15) is 5.58 Å². The molecule has 2 N–H and O–H groups in total. The largest absolute Gasteiger partial charge is 0.451 e. The molecule has 5 nitrogen and oxygen atoms in total. The Morgan fingerprint density at radius 2 is 2.16 bits per heavy atom. The molecular formula is C20H27NO4. The van der Waals surface area contributed by atoms with E-state index in [0.717, 1.165) is 36.6 Å². The molecule has 0 radical (unpaired) electrons. The lowest BCUT2D eigenvalue weighted by atomic mass is 9.87. The maximum absolute atomic E-state index is 12.7. The van der Waals surface area contributed by atoms with Gasteiger partial charge in [-0.05, 0) is 45.1 Å². The van der Waals surface area contributed by atoms with Crippen LogP contribution >= 0.6 is 0 Å². The predicted octanol–water partition coefficient (Wildman–Crippen LogP) is 3.64. The van der Waals surface area contributed by atoms with Gasteiger partial charge in [0.2, 0.25) is 0 Å². The Kier molecular flexibility index (Phi) is 5.76. The Labute approximate surface area is 148 Å². The van der Waals surface area contributed by atoms with Crippen LogP contribution in [-0.4, -0.2) is 29.8 Å². The Bertz CT molecular complexity index is 722. The normalized spacial score (nSPS) is 21.0. The van der Waals surface area contributed by atoms with Crippen molar-refractivity contribution in [2.24, 2.45) is 5.92 Å². The van der Waals surface area contributed by atoms with Crippen molar-refractivity contribution in [3.05, 3.63) is 35.6 Å². The summed E-state index contributed by atoms with van der Waals surface area (Å²) < 4.78 is 11.5. The SMILES string of the molecule is CC(C)OCc1c(C(=O)NCC2CCCC(O)C2)oc2ccccc12. The maximum atomic E-state index is 12.7. The van der Waals surface area contributed by atoms with Crippen molar-refractivity contribution in [3.8, 4) is 0 Å². The van der Waals surface area contributed by atoms with Gasteiger partial charge >= 0.3 is 0 Å². The van der Waals surface area contributed by atoms with Crippen LogP contribution in [0.4, 0.5) is 0 Å². The second-order valence-corrected chi connectivity index (χ2v) is 7.16. The molecular weight excluding hydrogens is 318 g/mol. The van der Waals surface area contributed by atoms with Gasteiger partial charge in [0.15, 0.2) is 5.76 Å². The van der Waals surface area contributed by atoms with E-state index in [1.165, 1.54) is 0 Å². The molecule has 3 rings (SSSR count). The smallest absolute Gasteiger partial charge is 0.287 e. The summed E-state index contributed by atoms with van der Waals surface area (Å²) in [5, 5.41) is 13.7. The predicted molar refractivity (Wildman–Crippen MR) is 96.4 cm³/mol. The quantitative estimate of drug-likeness (QED) is 0.838. The lowest BCUT2D eigenvalue weighted by molar-refractivity contribution is 0.0641. The molecule has 1 amide bonds. The van der Waals surface area contributed by atoms with Crippen molar-refractivity contribution in [2.75, 3.05) is 6.54 Å². The molecule has 2 unspecified atom stereocenters. The first kappa shape index (κ1) is 18.0. The average Bonchev–Trinajstić information content (AvgIpc) is 2.96. The second-order valence-electron chi connectivity index (χ2n) is 7.16. The van der Waals surface area contributed by atoms with Gasteiger partial charge in [-0.1, -0.05) is 24.6 Å². The summed E-state index contributed by atoms with van der Waals surface area (Å²) in [6.07, 6.45) is 3.51. The van der Waals surface area contributed by atoms with Gasteiger partial charge in [-0.2, -0.15) is 0 Å². The number of hydrogen-bond acceptors (Lipinski definition) is 4. The molecule has 5 heteroatoms. The van der Waals surface area contributed by atoms with Crippen molar-refractivity contribution in [2.45, 2.75) is 58.3 Å². The van der Waals surface area contributed by atoms with Crippen LogP contribution in [0.25, 0.3) is 11.0 Å². The number of rotatable bonds is 6. The molecule has 2 aromatic rings. The highest BCUT2D eigenvalue weighted by Gasteiger charge is 2.24. The van der Waals surface area contributed by atoms with E-state index in [4.69, 9.17) is 9.15 Å². The lowest BCUT2D eigenvalue weighted by Gasteiger charge is -2.25. The number of fused-ring (bicyclic) bond motifs is 1. The molecule has 136 valence electrons. The first-order valence-corrected chi connectivity index (χ1v) is 9.13. The number of aliphatic hydroxyl groups is 1. The van der Waals surface area contributed by atoms with Crippen LogP contribution < -0.4 is 5.32 Å². The number of aliphatic hydroxyl groups excluding tert-OH is 1. The lowest BCUT2D eigenvalue weighted by Crippen LogP contribution is -2.33. The molecule has 1 aromatic carbocycles. The third kappa shape index (κ3) is 4.41. The third-order valence-corrected chi connectivity index (χ3v) is 4.77. The topological polar surface area (TPSA) is 71.7 Å². The third-order valence-electron chi connectivity index (χ3n) is 4.77. The second kappa shape index (κ2) is 8.02. The van der Waals surface area contributed by atoms with Gasteiger partial charge in [0, 0.05) is 17.5 Å². The highest BCUT2D eigenvalue weighted by atomic mass is 16.5. The number of nitrogens with one attached hydrogen (secondary N) is 1. The van der Waals surface area contributed by atoms with Crippen LogP contribution in [0.15, 0.2) is 28.7 Å². The molecule has 1 heterocycles. The Balaban J connectivity index is 1.74. The molecule has 1 saturated carbocycles. The van der Waals surface area contributed by atoms with Crippen molar-refractivity contribution in [1.29, 1.82) is 0 Å². The highest BCUT2D eigenvalue weighted by Crippen LogP contribution is 2.28. The zero-order chi connectivity index (χ0) is 17.8. The minimum Gasteiger partial charge on any atom is -0.451 e. The van der Waals surface area contributed by atoms with Gasteiger partial charge < -0.3 is 19.6 Å². The summed E-state index contributed by atoms with van der Waals surface area (Å²) in [6, 6.07) is 7.64. The van der Waals surface area contributed by atoms with Crippen LogP contribution in [0, 0.1) is 5.92 Å². The zero-order valence-electron chi connectivity index (χ0n) is 15.0. The monoisotopic (exact) mass is 345 g/mol. The van der Waals surface area contributed by atoms with Gasteiger partial charge in [-0.15, -0.1) is 0 Å². The molecule has 25 heavy (non-hydrogen) atoms. The average molecular weight is 345 g/mol. The number of para-hydroxylation sites is 1. The molecule has 1 fully saturated rings. The van der Waals surface area contributed by atoms with Crippen LogP contribution in [-0.2, 0) is 11.3 Å². The minimum absolute atomic E-state index is 0.0771. The first-order valence-electron chi connectivity index (χ1n) is 9.13. The fourth-order valence-corrected chi connectivity index (χ4v) is 3.44. The van der Waals surface area contributed by atoms with Gasteiger partial charge in [0.25, 0.3) is 5.91 Å². The van der Waals surface area contributed by atoms with Gasteiger partial charge in [-0.25, -0.2) is 0 Å². The molecule has 1 aliphatic rings. The summed E-state index contributed by atoms with van der Waals surface area (Å²) >= 11 is 0. The standard InChI is InChI=1S/C20H27NO4/c1-13(2)24-12-17-16-8-3-4-9-18(16)25-19(17)20(23)21-11-14-6-5-7-15(22)10-14/h3-4,8-9,13-15,22H,5-7,10-12H2,1-2H3,(H,21,23). The number of amides is 1. The Morgan fingerprint density at radius 1 is 1.36 bits per heavy atom. The fourth-order valence-electron chi connectivity index (χ4n) is 3.44. The van der Waals surface area contributed by atoms with Crippen molar-refractivity contribution in [1.82, 2.24) is 5.32 Å². The summed E-state index contributed by atoms with van der Waals surface area (Å²) in [5.74, 6) is 0.448. The van der Waals surface area contributed by atoms with E-state index in [1.807, 2.05) is 38.1 Å². The summed E-state index contributed by atoms with van der Waals surface area (Å²) in [5.41, 5.74) is 1.49. The molecule has 0 spiro atoms. The number of benzene rings is 1. The van der Waals surface area contributed by atoms with E-state index < -0.39 is 0 Å². The highest BCUT2D eigenvalue weighted by molar-refractivity contribution is 5.99. The Morgan fingerprint density at radius 3 is 2.92 bits per heavy atom. The summed E-state index contributed by atoms with van der Waals surface area (Å²) in [4.78, 5) is 12.7. The molecule has 2 atom stereocenters. The van der Waals surface area contributed by atoms with Crippen molar-refractivity contribution >= 4 is 16.9 Å². The number of ether oxygens (including phenoxy) is 1. The van der Waals surface area contributed by atoms with E-state index in [9.17, 15) is 9.90 Å². The van der Waals surface area contributed by atoms with E-state index in [1.54, 1.807) is 0 Å². The van der Waals surface area contributed by atoms with E-state index in [0.29, 0.717) is 30.4 Å². The summed E-state index contributed by atoms with van der Waals surface area (Å²) in [7, 11) is 0.